The number of esters is 1. The first-order valence-electron chi connectivity index (χ1n) is 12.9. The third-order valence-electron chi connectivity index (χ3n) is 6.52. The molecule has 1 atom stereocenters. The molecule has 2 aromatic rings. The van der Waals surface area contributed by atoms with Crippen molar-refractivity contribution in [2.45, 2.75) is 58.4 Å². The summed E-state index contributed by atoms with van der Waals surface area (Å²) in [6, 6.07) is 9.02. The number of ether oxygens (including phenoxy) is 3. The number of amides is 2. The number of nitrogens with zero attached hydrogens (tertiary/aromatic N) is 5. The average molecular weight is 560 g/mol. The first-order valence-corrected chi connectivity index (χ1v) is 13.2. The van der Waals surface area contributed by atoms with Crippen LogP contribution in [0.15, 0.2) is 30.3 Å². The van der Waals surface area contributed by atoms with Crippen molar-refractivity contribution < 1.29 is 28.6 Å². The molecule has 1 aromatic carbocycles. The number of hydrogen-bond acceptors (Lipinski definition) is 9. The quantitative estimate of drug-likeness (QED) is 0.306. The van der Waals surface area contributed by atoms with Crippen LogP contribution in [0, 0.1) is 0 Å². The minimum Gasteiger partial charge on any atom is -0.469 e. The van der Waals surface area contributed by atoms with Gasteiger partial charge >= 0.3 is 18.2 Å². The van der Waals surface area contributed by atoms with Gasteiger partial charge in [-0.1, -0.05) is 30.3 Å². The van der Waals surface area contributed by atoms with Gasteiger partial charge in [0.15, 0.2) is 0 Å². The van der Waals surface area contributed by atoms with Crippen LogP contribution in [0.1, 0.15) is 44.0 Å². The van der Waals surface area contributed by atoms with Gasteiger partial charge in [-0.15, -0.1) is 0 Å². The smallest absolute Gasteiger partial charge is 0.410 e. The molecule has 0 N–H and O–H groups in total. The zero-order valence-corrected chi connectivity index (χ0v) is 23.4. The summed E-state index contributed by atoms with van der Waals surface area (Å²) in [5.74, 6) is 0.190. The predicted molar refractivity (Wildman–Crippen MR) is 143 cm³/mol. The van der Waals surface area contributed by atoms with Gasteiger partial charge in [-0.2, -0.15) is 0 Å². The maximum absolute atomic E-state index is 12.9. The topological polar surface area (TPSA) is 114 Å². The summed E-state index contributed by atoms with van der Waals surface area (Å²) < 4.78 is 16.0. The number of anilines is 1. The van der Waals surface area contributed by atoms with E-state index in [1.807, 2.05) is 56.0 Å². The van der Waals surface area contributed by atoms with Crippen molar-refractivity contribution in [3.63, 3.8) is 0 Å². The lowest BCUT2D eigenvalue weighted by Gasteiger charge is -2.42. The number of methoxy groups -OCH3 is 1. The monoisotopic (exact) mass is 559 g/mol. The van der Waals surface area contributed by atoms with Crippen molar-refractivity contribution in [3.05, 3.63) is 52.4 Å². The van der Waals surface area contributed by atoms with Crippen molar-refractivity contribution in [2.75, 3.05) is 38.2 Å². The van der Waals surface area contributed by atoms with Crippen molar-refractivity contribution in [1.29, 1.82) is 0 Å². The van der Waals surface area contributed by atoms with Crippen LogP contribution in [0.25, 0.3) is 0 Å². The molecule has 0 bridgehead atoms. The summed E-state index contributed by atoms with van der Waals surface area (Å²) in [6.45, 7) is 7.27. The van der Waals surface area contributed by atoms with Crippen LogP contribution in [0.2, 0.25) is 5.28 Å². The number of rotatable bonds is 5. The van der Waals surface area contributed by atoms with Crippen LogP contribution < -0.4 is 4.90 Å². The van der Waals surface area contributed by atoms with E-state index in [1.165, 1.54) is 7.11 Å². The molecule has 2 aliphatic rings. The Bertz CT molecular complexity index is 1210. The molecule has 1 aromatic heterocycles. The molecule has 0 aliphatic carbocycles. The Hall–Kier alpha value is -3.60. The maximum Gasteiger partial charge on any atom is 0.410 e. The molecule has 0 saturated carbocycles. The fraction of sp³-hybridized carbons (Fsp3) is 0.519. The number of halogens is 1. The molecule has 39 heavy (non-hydrogen) atoms. The van der Waals surface area contributed by atoms with Gasteiger partial charge in [0.2, 0.25) is 5.28 Å². The average Bonchev–Trinajstić information content (AvgIpc) is 2.90. The van der Waals surface area contributed by atoms with E-state index in [-0.39, 0.29) is 31.4 Å². The lowest BCUT2D eigenvalue weighted by molar-refractivity contribution is -0.141. The van der Waals surface area contributed by atoms with Gasteiger partial charge in [-0.25, -0.2) is 19.6 Å². The predicted octanol–water partition coefficient (Wildman–Crippen LogP) is 3.81. The second-order valence-corrected chi connectivity index (χ2v) is 10.8. The van der Waals surface area contributed by atoms with Gasteiger partial charge in [0, 0.05) is 31.7 Å². The third kappa shape index (κ3) is 7.29. The molecule has 3 heterocycles. The largest absolute Gasteiger partial charge is 0.469 e. The molecular weight excluding hydrogens is 526 g/mol. The molecule has 4 rings (SSSR count). The highest BCUT2D eigenvalue weighted by molar-refractivity contribution is 6.28. The van der Waals surface area contributed by atoms with Crippen molar-refractivity contribution in [2.24, 2.45) is 0 Å². The minimum absolute atomic E-state index is 0.0382. The van der Waals surface area contributed by atoms with Crippen LogP contribution in [-0.4, -0.2) is 82.9 Å². The van der Waals surface area contributed by atoms with E-state index in [1.54, 1.807) is 9.80 Å². The van der Waals surface area contributed by atoms with E-state index in [2.05, 4.69) is 9.97 Å². The second kappa shape index (κ2) is 12.1. The molecule has 2 amide bonds. The molecule has 1 saturated heterocycles. The van der Waals surface area contributed by atoms with Gasteiger partial charge in [-0.3, -0.25) is 4.79 Å². The molecule has 11 nitrogen and oxygen atoms in total. The normalized spacial score (nSPS) is 17.4. The Labute approximate surface area is 233 Å². The Balaban J connectivity index is 1.52. The minimum atomic E-state index is -0.616. The van der Waals surface area contributed by atoms with E-state index in [0.29, 0.717) is 37.6 Å². The highest BCUT2D eigenvalue weighted by atomic mass is 35.5. The first kappa shape index (κ1) is 28.4. The fourth-order valence-electron chi connectivity index (χ4n) is 4.66. The zero-order valence-electron chi connectivity index (χ0n) is 22.7. The molecule has 2 aliphatic heterocycles. The number of carbonyl (C=O) groups is 3. The highest BCUT2D eigenvalue weighted by Crippen LogP contribution is 2.31. The Morgan fingerprint density at radius 2 is 1.77 bits per heavy atom. The summed E-state index contributed by atoms with van der Waals surface area (Å²) in [5.41, 5.74) is 1.76. The Morgan fingerprint density at radius 1 is 1.03 bits per heavy atom. The summed E-state index contributed by atoms with van der Waals surface area (Å²) >= 11 is 6.33. The van der Waals surface area contributed by atoms with Crippen LogP contribution in [0.5, 0.6) is 0 Å². The summed E-state index contributed by atoms with van der Waals surface area (Å²) in [7, 11) is 1.33. The van der Waals surface area contributed by atoms with Gasteiger partial charge in [-0.05, 0) is 44.4 Å². The van der Waals surface area contributed by atoms with Crippen molar-refractivity contribution in [1.82, 2.24) is 19.8 Å². The van der Waals surface area contributed by atoms with E-state index in [9.17, 15) is 14.4 Å². The number of piperazine rings is 1. The molecule has 0 spiro atoms. The summed E-state index contributed by atoms with van der Waals surface area (Å²) in [5, 5.41) is 0.0382. The Morgan fingerprint density at radius 3 is 2.46 bits per heavy atom. The highest BCUT2D eigenvalue weighted by Gasteiger charge is 2.36. The number of benzene rings is 1. The Kier molecular flexibility index (Phi) is 8.79. The second-order valence-electron chi connectivity index (χ2n) is 10.5. The third-order valence-corrected chi connectivity index (χ3v) is 6.68. The van der Waals surface area contributed by atoms with Gasteiger partial charge in [0.05, 0.1) is 31.8 Å². The van der Waals surface area contributed by atoms with Crippen LogP contribution in [-0.2, 0) is 38.6 Å². The fourth-order valence-corrected chi connectivity index (χ4v) is 4.84. The number of carbonyl (C=O) groups excluding carboxylic acids is 3. The molecule has 0 radical (unpaired) electrons. The van der Waals surface area contributed by atoms with Crippen LogP contribution in [0.4, 0.5) is 15.4 Å². The molecule has 1 unspecified atom stereocenters. The zero-order chi connectivity index (χ0) is 28.2. The number of hydrogen-bond donors (Lipinski definition) is 0. The van der Waals surface area contributed by atoms with E-state index < -0.39 is 29.8 Å². The lowest BCUT2D eigenvalue weighted by atomic mass is 10.0. The van der Waals surface area contributed by atoms with E-state index in [4.69, 9.17) is 25.8 Å². The molecule has 210 valence electrons. The van der Waals surface area contributed by atoms with Crippen LogP contribution in [0.3, 0.4) is 0 Å². The lowest BCUT2D eigenvalue weighted by Crippen LogP contribution is -2.56. The van der Waals surface area contributed by atoms with E-state index >= 15 is 0 Å². The number of aromatic nitrogens is 2. The van der Waals surface area contributed by atoms with E-state index in [0.717, 1.165) is 11.1 Å². The van der Waals surface area contributed by atoms with Gasteiger partial charge in [0.1, 0.15) is 18.0 Å². The van der Waals surface area contributed by atoms with Gasteiger partial charge in [0.25, 0.3) is 0 Å². The summed E-state index contributed by atoms with van der Waals surface area (Å²) in [6.07, 6.45) is -0.343. The first-order chi connectivity index (χ1) is 18.5. The van der Waals surface area contributed by atoms with Crippen molar-refractivity contribution in [3.8, 4) is 0 Å². The molecule has 1 fully saturated rings. The SMILES string of the molecule is COC(=O)CC1CN(C(=O)OCc2ccccc2)CCN1c1nc(Cl)nc2c1CCN(C(=O)OC(C)(C)C)C2. The standard InChI is InChI=1S/C27H34ClN5O6/c1-27(2,3)39-26(36)31-11-10-20-21(16-31)29-24(28)30-23(20)33-13-12-32(15-19(33)14-22(34)37-4)25(35)38-17-18-8-6-5-7-9-18/h5-9,19H,10-17H2,1-4H3. The number of fused-ring (bicyclic) bond motifs is 1. The molecular formula is C27H34ClN5O6. The molecule has 12 heteroatoms. The van der Waals surface area contributed by atoms with Crippen molar-refractivity contribution >= 4 is 35.6 Å². The maximum atomic E-state index is 12.9. The van der Waals surface area contributed by atoms with Crippen LogP contribution >= 0.6 is 11.6 Å². The van der Waals surface area contributed by atoms with Gasteiger partial charge < -0.3 is 28.9 Å². The summed E-state index contributed by atoms with van der Waals surface area (Å²) in [4.78, 5) is 52.0.